The van der Waals surface area contributed by atoms with Gasteiger partial charge in [-0.05, 0) is 55.4 Å². The minimum atomic E-state index is -0.727. The maximum Gasteiger partial charge on any atom is 0.253 e. The molecule has 9 heteroatoms. The van der Waals surface area contributed by atoms with Crippen LogP contribution in [-0.4, -0.2) is 95.2 Å². The molecule has 0 saturated carbocycles. The average Bonchev–Trinajstić information content (AvgIpc) is 3.60. The van der Waals surface area contributed by atoms with E-state index >= 15 is 0 Å². The Balaban J connectivity index is 1.25. The van der Waals surface area contributed by atoms with Gasteiger partial charge in [0.15, 0.2) is 0 Å². The van der Waals surface area contributed by atoms with Crippen molar-refractivity contribution in [3.8, 4) is 6.07 Å². The van der Waals surface area contributed by atoms with Crippen LogP contribution in [0.2, 0.25) is 0 Å². The van der Waals surface area contributed by atoms with Gasteiger partial charge in [0, 0.05) is 45.3 Å². The smallest absolute Gasteiger partial charge is 0.253 e. The molecule has 1 aromatic carbocycles. The third-order valence-corrected chi connectivity index (χ3v) is 7.93. The third kappa shape index (κ3) is 3.65. The lowest BCUT2D eigenvalue weighted by Crippen LogP contribution is -2.56. The number of likely N-dealkylation sites (tertiary alicyclic amines) is 3. The third-order valence-electron chi connectivity index (χ3n) is 7.93. The number of carbonyl (C=O) groups is 3. The molecular formula is C25H32N6O3. The molecule has 5 rings (SSSR count). The van der Waals surface area contributed by atoms with Crippen molar-refractivity contribution in [1.29, 1.82) is 5.26 Å². The SMILES string of the molecule is CN(C)C(=O)c1ccc2c(c1)CC[C@H]2N1C(=O)[C@H]2CC1CN2C[C@H](N)C(=O)N1CCC[C@H]1C#N. The van der Waals surface area contributed by atoms with Gasteiger partial charge in [-0.25, -0.2) is 0 Å². The number of fused-ring (bicyclic) bond motifs is 3. The van der Waals surface area contributed by atoms with Crippen molar-refractivity contribution in [2.45, 2.75) is 62.3 Å². The number of aryl methyl sites for hydroxylation is 1. The molecule has 0 radical (unpaired) electrons. The Bertz CT molecular complexity index is 1070. The monoisotopic (exact) mass is 464 g/mol. The van der Waals surface area contributed by atoms with Gasteiger partial charge < -0.3 is 20.4 Å². The first-order valence-corrected chi connectivity index (χ1v) is 12.2. The van der Waals surface area contributed by atoms with E-state index in [4.69, 9.17) is 5.73 Å². The molecule has 3 aliphatic heterocycles. The molecule has 3 fully saturated rings. The number of piperazine rings is 1. The molecule has 3 saturated heterocycles. The van der Waals surface area contributed by atoms with Crippen LogP contribution < -0.4 is 5.73 Å². The molecule has 4 aliphatic rings. The maximum absolute atomic E-state index is 13.4. The van der Waals surface area contributed by atoms with Gasteiger partial charge in [-0.1, -0.05) is 6.07 Å². The van der Waals surface area contributed by atoms with Gasteiger partial charge in [-0.15, -0.1) is 0 Å². The van der Waals surface area contributed by atoms with Gasteiger partial charge in [0.1, 0.15) is 6.04 Å². The number of nitriles is 1. The highest BCUT2D eigenvalue weighted by Gasteiger charge is 2.53. The van der Waals surface area contributed by atoms with Crippen LogP contribution in [0.25, 0.3) is 0 Å². The molecule has 34 heavy (non-hydrogen) atoms. The summed E-state index contributed by atoms with van der Waals surface area (Å²) >= 11 is 0. The first kappa shape index (κ1) is 22.8. The van der Waals surface area contributed by atoms with Crippen molar-refractivity contribution >= 4 is 17.7 Å². The molecule has 3 amide bonds. The van der Waals surface area contributed by atoms with Crippen LogP contribution in [0.1, 0.15) is 53.2 Å². The van der Waals surface area contributed by atoms with Crippen LogP contribution >= 0.6 is 0 Å². The van der Waals surface area contributed by atoms with Crippen molar-refractivity contribution in [3.05, 3.63) is 34.9 Å². The zero-order chi connectivity index (χ0) is 24.1. The molecule has 1 aliphatic carbocycles. The van der Waals surface area contributed by atoms with E-state index in [9.17, 15) is 19.6 Å². The molecule has 9 nitrogen and oxygen atoms in total. The molecule has 3 heterocycles. The molecule has 1 unspecified atom stereocenters. The fourth-order valence-electron chi connectivity index (χ4n) is 6.28. The molecular weight excluding hydrogens is 432 g/mol. The molecule has 2 bridgehead atoms. The van der Waals surface area contributed by atoms with E-state index in [1.807, 2.05) is 23.1 Å². The summed E-state index contributed by atoms with van der Waals surface area (Å²) in [5.74, 6) is -0.0960. The maximum atomic E-state index is 13.4. The summed E-state index contributed by atoms with van der Waals surface area (Å²) in [6.45, 7) is 1.63. The van der Waals surface area contributed by atoms with Crippen molar-refractivity contribution in [2.75, 3.05) is 33.7 Å². The fourth-order valence-corrected chi connectivity index (χ4v) is 6.28. The van der Waals surface area contributed by atoms with Crippen molar-refractivity contribution in [3.63, 3.8) is 0 Å². The average molecular weight is 465 g/mol. The highest BCUT2D eigenvalue weighted by molar-refractivity contribution is 5.94. The Morgan fingerprint density at radius 3 is 2.76 bits per heavy atom. The lowest BCUT2D eigenvalue weighted by Gasteiger charge is -2.38. The number of hydrogen-bond acceptors (Lipinski definition) is 6. The van der Waals surface area contributed by atoms with Crippen LogP contribution in [-0.2, 0) is 16.0 Å². The zero-order valence-electron chi connectivity index (χ0n) is 19.8. The highest BCUT2D eigenvalue weighted by Crippen LogP contribution is 2.44. The molecule has 0 aromatic heterocycles. The van der Waals surface area contributed by atoms with E-state index in [2.05, 4.69) is 11.0 Å². The van der Waals surface area contributed by atoms with Gasteiger partial charge in [-0.3, -0.25) is 19.3 Å². The summed E-state index contributed by atoms with van der Waals surface area (Å²) in [6, 6.07) is 6.83. The quantitative estimate of drug-likeness (QED) is 0.679. The fraction of sp³-hybridized carbons (Fsp3) is 0.600. The van der Waals surface area contributed by atoms with Gasteiger partial charge in [-0.2, -0.15) is 5.26 Å². The highest BCUT2D eigenvalue weighted by atomic mass is 16.2. The second-order valence-corrected chi connectivity index (χ2v) is 10.2. The lowest BCUT2D eigenvalue weighted by atomic mass is 10.0. The van der Waals surface area contributed by atoms with E-state index in [1.165, 1.54) is 0 Å². The predicted octanol–water partition coefficient (Wildman–Crippen LogP) is 0.503. The summed E-state index contributed by atoms with van der Waals surface area (Å²) in [4.78, 5) is 45.8. The van der Waals surface area contributed by atoms with Crippen LogP contribution in [0.3, 0.4) is 0 Å². The Kier molecular flexibility index (Phi) is 5.82. The van der Waals surface area contributed by atoms with E-state index in [0.29, 0.717) is 31.6 Å². The number of amides is 3. The van der Waals surface area contributed by atoms with E-state index in [1.54, 1.807) is 23.9 Å². The topological polar surface area (TPSA) is 114 Å². The lowest BCUT2D eigenvalue weighted by molar-refractivity contribution is -0.141. The molecule has 180 valence electrons. The number of hydrogen-bond donors (Lipinski definition) is 1. The van der Waals surface area contributed by atoms with E-state index in [-0.39, 0.29) is 41.9 Å². The molecule has 5 atom stereocenters. The van der Waals surface area contributed by atoms with E-state index in [0.717, 1.165) is 36.8 Å². The standard InChI is InChI=1S/C25H32N6O3/c1-28(2)23(32)16-5-7-19-15(10-16)6-8-21(19)31-18-11-22(25(31)34)29(13-18)14-20(27)24(33)30-9-3-4-17(30)12-26/h5,7,10,17-18,20-22H,3-4,6,8-9,11,13-14,27H2,1-2H3/t17-,18?,20-,21+,22+/m0/s1. The van der Waals surface area contributed by atoms with Crippen LogP contribution in [0.4, 0.5) is 0 Å². The van der Waals surface area contributed by atoms with Gasteiger partial charge in [0.25, 0.3) is 5.91 Å². The largest absolute Gasteiger partial charge is 0.345 e. The normalized spacial score (nSPS) is 28.8. The van der Waals surface area contributed by atoms with E-state index < -0.39 is 6.04 Å². The zero-order valence-corrected chi connectivity index (χ0v) is 19.8. The van der Waals surface area contributed by atoms with Gasteiger partial charge in [0.05, 0.1) is 24.2 Å². The van der Waals surface area contributed by atoms with Crippen molar-refractivity contribution in [2.24, 2.45) is 5.73 Å². The summed E-state index contributed by atoms with van der Waals surface area (Å²) < 4.78 is 0. The first-order chi connectivity index (χ1) is 16.3. The predicted molar refractivity (Wildman–Crippen MR) is 124 cm³/mol. The summed E-state index contributed by atoms with van der Waals surface area (Å²) in [6.07, 6.45) is 4.01. The number of nitrogens with two attached hydrogens (primary N) is 1. The van der Waals surface area contributed by atoms with Crippen molar-refractivity contribution < 1.29 is 14.4 Å². The van der Waals surface area contributed by atoms with Gasteiger partial charge >= 0.3 is 0 Å². The first-order valence-electron chi connectivity index (χ1n) is 12.2. The Labute approximate surface area is 200 Å². The summed E-state index contributed by atoms with van der Waals surface area (Å²) in [7, 11) is 3.49. The second kappa shape index (κ2) is 8.67. The molecule has 0 spiro atoms. The van der Waals surface area contributed by atoms with Gasteiger partial charge in [0.2, 0.25) is 11.8 Å². The van der Waals surface area contributed by atoms with Crippen LogP contribution in [0.5, 0.6) is 0 Å². The minimum absolute atomic E-state index is 0.0147. The molecule has 2 N–H and O–H groups in total. The molecule has 1 aromatic rings. The summed E-state index contributed by atoms with van der Waals surface area (Å²) in [5, 5.41) is 9.28. The minimum Gasteiger partial charge on any atom is -0.345 e. The number of benzene rings is 1. The van der Waals surface area contributed by atoms with Crippen LogP contribution in [0.15, 0.2) is 18.2 Å². The Morgan fingerprint density at radius 1 is 1.26 bits per heavy atom. The second-order valence-electron chi connectivity index (χ2n) is 10.2. The van der Waals surface area contributed by atoms with Crippen molar-refractivity contribution in [1.82, 2.24) is 19.6 Å². The number of rotatable bonds is 5. The van der Waals surface area contributed by atoms with Crippen LogP contribution in [0, 0.1) is 11.3 Å². The Morgan fingerprint density at radius 2 is 2.06 bits per heavy atom. The Hall–Kier alpha value is -2.96. The number of nitrogens with zero attached hydrogens (tertiary/aromatic N) is 5. The summed E-state index contributed by atoms with van der Waals surface area (Å²) in [5.41, 5.74) is 9.23. The number of carbonyl (C=O) groups excluding carboxylic acids is 3.